The quantitative estimate of drug-likeness (QED) is 0.597. The van der Waals surface area contributed by atoms with Crippen molar-refractivity contribution in [3.05, 3.63) is 11.6 Å². The molecule has 4 heteroatoms. The van der Waals surface area contributed by atoms with Gasteiger partial charge in [0.15, 0.2) is 0 Å². The maximum absolute atomic E-state index is 11.9. The first-order chi connectivity index (χ1) is 8.56. The molecule has 0 bridgehead atoms. The van der Waals surface area contributed by atoms with E-state index in [0.717, 1.165) is 32.1 Å². The van der Waals surface area contributed by atoms with Crippen LogP contribution in [0.15, 0.2) is 11.6 Å². The maximum Gasteiger partial charge on any atom is 0.308 e. The van der Waals surface area contributed by atoms with E-state index in [1.54, 1.807) is 6.92 Å². The Morgan fingerprint density at radius 3 is 2.56 bits per heavy atom. The molecule has 1 saturated carbocycles. The van der Waals surface area contributed by atoms with Crippen LogP contribution < -0.4 is 5.32 Å². The van der Waals surface area contributed by atoms with Crippen molar-refractivity contribution in [1.82, 2.24) is 5.32 Å². The van der Waals surface area contributed by atoms with E-state index < -0.39 is 11.9 Å². The molecule has 1 amide bonds. The molecule has 4 nitrogen and oxygen atoms in total. The van der Waals surface area contributed by atoms with Gasteiger partial charge in [0.25, 0.3) is 0 Å². The van der Waals surface area contributed by atoms with E-state index in [0.29, 0.717) is 12.0 Å². The average molecular weight is 253 g/mol. The van der Waals surface area contributed by atoms with Gasteiger partial charge in [-0.05, 0) is 26.2 Å². The van der Waals surface area contributed by atoms with Gasteiger partial charge in [-0.3, -0.25) is 9.59 Å². The highest BCUT2D eigenvalue weighted by Crippen LogP contribution is 2.24. The van der Waals surface area contributed by atoms with Crippen molar-refractivity contribution >= 4 is 11.9 Å². The first-order valence-electron chi connectivity index (χ1n) is 6.76. The molecule has 102 valence electrons. The van der Waals surface area contributed by atoms with Crippen molar-refractivity contribution in [2.24, 2.45) is 5.92 Å². The van der Waals surface area contributed by atoms with Gasteiger partial charge in [0, 0.05) is 11.6 Å². The number of allylic oxidation sites excluding steroid dienone is 1. The first kappa shape index (κ1) is 14.7. The number of carbonyl (C=O) groups is 2. The molecule has 0 saturated heterocycles. The van der Waals surface area contributed by atoms with Gasteiger partial charge in [-0.15, -0.1) is 0 Å². The van der Waals surface area contributed by atoms with Crippen LogP contribution in [-0.2, 0) is 9.59 Å². The number of aliphatic carboxylic acids is 1. The van der Waals surface area contributed by atoms with Gasteiger partial charge < -0.3 is 10.4 Å². The third-order valence-corrected chi connectivity index (χ3v) is 3.52. The summed E-state index contributed by atoms with van der Waals surface area (Å²) in [5, 5.41) is 12.1. The summed E-state index contributed by atoms with van der Waals surface area (Å²) in [6.45, 7) is 3.74. The molecule has 0 aliphatic heterocycles. The number of carboxylic acids is 1. The zero-order valence-electron chi connectivity index (χ0n) is 11.2. The Balaban J connectivity index is 2.69. The third kappa shape index (κ3) is 4.17. The molecular formula is C14H23NO3. The summed E-state index contributed by atoms with van der Waals surface area (Å²) >= 11 is 0. The number of rotatable bonds is 4. The van der Waals surface area contributed by atoms with Crippen molar-refractivity contribution in [1.29, 1.82) is 0 Å². The third-order valence-electron chi connectivity index (χ3n) is 3.52. The fourth-order valence-electron chi connectivity index (χ4n) is 2.46. The van der Waals surface area contributed by atoms with Crippen molar-refractivity contribution < 1.29 is 14.7 Å². The lowest BCUT2D eigenvalue weighted by atomic mass is 9.94. The summed E-state index contributed by atoms with van der Waals surface area (Å²) < 4.78 is 0. The van der Waals surface area contributed by atoms with Crippen LogP contribution in [0.3, 0.4) is 0 Å². The van der Waals surface area contributed by atoms with Crippen LogP contribution in [-0.4, -0.2) is 23.0 Å². The molecule has 0 aromatic rings. The van der Waals surface area contributed by atoms with Crippen LogP contribution in [0.2, 0.25) is 0 Å². The lowest BCUT2D eigenvalue weighted by molar-refractivity contribution is -0.143. The molecule has 0 heterocycles. The molecule has 18 heavy (non-hydrogen) atoms. The standard InChI is InChI=1S/C14H23NO3/c1-3-7-10(2)13(16)15-12-9-6-4-5-8-11(12)14(17)18/h7,11-12H,3-6,8-9H2,1-2H3,(H,15,16)(H,17,18)/b10-7+. The number of amides is 1. The smallest absolute Gasteiger partial charge is 0.308 e. The lowest BCUT2D eigenvalue weighted by Crippen LogP contribution is -2.43. The molecule has 1 aliphatic rings. The average Bonchev–Trinajstić information content (AvgIpc) is 2.54. The Morgan fingerprint density at radius 1 is 1.28 bits per heavy atom. The second kappa shape index (κ2) is 7.19. The predicted molar refractivity (Wildman–Crippen MR) is 70.2 cm³/mol. The van der Waals surface area contributed by atoms with E-state index in [-0.39, 0.29) is 11.9 Å². The van der Waals surface area contributed by atoms with E-state index in [9.17, 15) is 14.7 Å². The Hall–Kier alpha value is -1.32. The van der Waals surface area contributed by atoms with Crippen molar-refractivity contribution in [2.45, 2.75) is 58.4 Å². The number of nitrogens with one attached hydrogen (secondary N) is 1. The lowest BCUT2D eigenvalue weighted by Gasteiger charge is -2.23. The monoisotopic (exact) mass is 253 g/mol. The SMILES string of the molecule is CC/C=C(\C)C(=O)NC1CCCCCC1C(=O)O. The Labute approximate surface area is 108 Å². The summed E-state index contributed by atoms with van der Waals surface area (Å²) in [7, 11) is 0. The Morgan fingerprint density at radius 2 is 1.94 bits per heavy atom. The largest absolute Gasteiger partial charge is 0.481 e. The Kier molecular flexibility index (Phi) is 5.89. The molecule has 0 aromatic carbocycles. The molecule has 0 spiro atoms. The number of hydrogen-bond donors (Lipinski definition) is 2. The van der Waals surface area contributed by atoms with Crippen molar-refractivity contribution in [2.75, 3.05) is 0 Å². The number of carboxylic acid groups (broad SMARTS) is 1. The van der Waals surface area contributed by atoms with Gasteiger partial charge >= 0.3 is 5.97 Å². The molecule has 2 N–H and O–H groups in total. The van der Waals surface area contributed by atoms with Gasteiger partial charge in [-0.2, -0.15) is 0 Å². The minimum atomic E-state index is -0.792. The first-order valence-corrected chi connectivity index (χ1v) is 6.76. The van der Waals surface area contributed by atoms with Gasteiger partial charge in [0.1, 0.15) is 0 Å². The fourth-order valence-corrected chi connectivity index (χ4v) is 2.46. The minimum absolute atomic E-state index is 0.130. The molecular weight excluding hydrogens is 230 g/mol. The highest BCUT2D eigenvalue weighted by atomic mass is 16.4. The maximum atomic E-state index is 11.9. The zero-order chi connectivity index (χ0) is 13.5. The highest BCUT2D eigenvalue weighted by Gasteiger charge is 2.30. The van der Waals surface area contributed by atoms with Gasteiger partial charge in [-0.25, -0.2) is 0 Å². The molecule has 1 fully saturated rings. The van der Waals surface area contributed by atoms with Gasteiger partial charge in [0.05, 0.1) is 5.92 Å². The van der Waals surface area contributed by atoms with Gasteiger partial charge in [-0.1, -0.05) is 32.3 Å². The predicted octanol–water partition coefficient (Wildman–Crippen LogP) is 2.49. The molecule has 2 atom stereocenters. The summed E-state index contributed by atoms with van der Waals surface area (Å²) in [5.74, 6) is -1.36. The molecule has 2 unspecified atom stereocenters. The van der Waals surface area contributed by atoms with E-state index in [2.05, 4.69) is 5.32 Å². The number of hydrogen-bond acceptors (Lipinski definition) is 2. The Bertz CT molecular complexity index is 336. The van der Waals surface area contributed by atoms with Crippen LogP contribution in [0.4, 0.5) is 0 Å². The van der Waals surface area contributed by atoms with Crippen molar-refractivity contribution in [3.63, 3.8) is 0 Å². The van der Waals surface area contributed by atoms with E-state index in [1.165, 1.54) is 0 Å². The zero-order valence-corrected chi connectivity index (χ0v) is 11.2. The summed E-state index contributed by atoms with van der Waals surface area (Å²) in [6, 6.07) is -0.224. The van der Waals surface area contributed by atoms with Crippen LogP contribution >= 0.6 is 0 Å². The van der Waals surface area contributed by atoms with Crippen LogP contribution in [0.1, 0.15) is 52.4 Å². The normalized spacial score (nSPS) is 25.3. The molecule has 0 radical (unpaired) electrons. The molecule has 1 rings (SSSR count). The number of carbonyl (C=O) groups excluding carboxylic acids is 1. The molecule has 1 aliphatic carbocycles. The van der Waals surface area contributed by atoms with Crippen LogP contribution in [0.25, 0.3) is 0 Å². The summed E-state index contributed by atoms with van der Waals surface area (Å²) in [4.78, 5) is 23.1. The summed E-state index contributed by atoms with van der Waals surface area (Å²) in [5.41, 5.74) is 0.672. The fraction of sp³-hybridized carbons (Fsp3) is 0.714. The van der Waals surface area contributed by atoms with E-state index in [4.69, 9.17) is 0 Å². The van der Waals surface area contributed by atoms with E-state index >= 15 is 0 Å². The topological polar surface area (TPSA) is 66.4 Å². The van der Waals surface area contributed by atoms with E-state index in [1.807, 2.05) is 13.0 Å². The van der Waals surface area contributed by atoms with Gasteiger partial charge in [0.2, 0.25) is 5.91 Å². The minimum Gasteiger partial charge on any atom is -0.481 e. The summed E-state index contributed by atoms with van der Waals surface area (Å²) in [6.07, 6.45) is 7.09. The van der Waals surface area contributed by atoms with Crippen LogP contribution in [0, 0.1) is 5.92 Å². The highest BCUT2D eigenvalue weighted by molar-refractivity contribution is 5.93. The second-order valence-electron chi connectivity index (χ2n) is 4.96. The molecule has 0 aromatic heterocycles. The van der Waals surface area contributed by atoms with Crippen LogP contribution in [0.5, 0.6) is 0 Å². The van der Waals surface area contributed by atoms with Crippen molar-refractivity contribution in [3.8, 4) is 0 Å². The second-order valence-corrected chi connectivity index (χ2v) is 4.96.